The van der Waals surface area contributed by atoms with Gasteiger partial charge in [0.2, 0.25) is 5.91 Å². The van der Waals surface area contributed by atoms with Gasteiger partial charge in [0.25, 0.3) is 0 Å². The Labute approximate surface area is 156 Å². The van der Waals surface area contributed by atoms with Crippen molar-refractivity contribution in [2.24, 2.45) is 0 Å². The number of aromatic nitrogens is 2. The molecule has 1 aliphatic rings. The highest BCUT2D eigenvalue weighted by molar-refractivity contribution is 7.99. The largest absolute Gasteiger partial charge is 0.458 e. The molecule has 1 amide bonds. The molecule has 2 heterocycles. The summed E-state index contributed by atoms with van der Waals surface area (Å²) in [6.45, 7) is 1.36. The maximum Gasteiger partial charge on any atom is 0.316 e. The summed E-state index contributed by atoms with van der Waals surface area (Å²) >= 11 is 7.42. The minimum atomic E-state index is -0.0713. The molecule has 3 rings (SSSR count). The van der Waals surface area contributed by atoms with Crippen LogP contribution in [-0.4, -0.2) is 45.7 Å². The highest BCUT2D eigenvalue weighted by Crippen LogP contribution is 2.18. The Morgan fingerprint density at radius 3 is 2.80 bits per heavy atom. The fraction of sp³-hybridized carbons (Fsp3) is 0.389. The average molecular weight is 378 g/mol. The van der Waals surface area contributed by atoms with E-state index in [0.717, 1.165) is 25.1 Å². The van der Waals surface area contributed by atoms with Crippen LogP contribution >= 0.6 is 23.4 Å². The number of amides is 1. The van der Waals surface area contributed by atoms with E-state index in [-0.39, 0.29) is 12.0 Å². The molecule has 1 aliphatic heterocycles. The molecule has 132 valence electrons. The molecule has 0 aliphatic carbocycles. The number of likely N-dealkylation sites (tertiary alicyclic amines) is 1. The number of nitrogens with zero attached hydrogens (tertiary/aromatic N) is 3. The lowest BCUT2D eigenvalue weighted by molar-refractivity contribution is -0.131. The second-order valence-electron chi connectivity index (χ2n) is 5.88. The molecule has 0 bridgehead atoms. The minimum absolute atomic E-state index is 0.0713. The molecule has 0 N–H and O–H groups in total. The number of halogens is 1. The number of carbonyl (C=O) groups excluding carboxylic acids is 1. The van der Waals surface area contributed by atoms with E-state index < -0.39 is 0 Å². The van der Waals surface area contributed by atoms with Gasteiger partial charge in [-0.25, -0.2) is 9.97 Å². The lowest BCUT2D eigenvalue weighted by atomic mass is 10.1. The van der Waals surface area contributed by atoms with Crippen molar-refractivity contribution < 1.29 is 9.53 Å². The molecule has 0 radical (unpaired) electrons. The first-order valence-corrected chi connectivity index (χ1v) is 9.77. The third-order valence-corrected chi connectivity index (χ3v) is 5.12. The zero-order chi connectivity index (χ0) is 17.5. The van der Waals surface area contributed by atoms with E-state index in [2.05, 4.69) is 22.1 Å². The van der Waals surface area contributed by atoms with Crippen molar-refractivity contribution in [2.45, 2.75) is 24.7 Å². The van der Waals surface area contributed by atoms with Crippen LogP contribution in [0, 0.1) is 0 Å². The van der Waals surface area contributed by atoms with Crippen LogP contribution in [-0.2, 0) is 10.5 Å². The quantitative estimate of drug-likeness (QED) is 0.771. The predicted octanol–water partition coefficient (Wildman–Crippen LogP) is 3.43. The second-order valence-corrected chi connectivity index (χ2v) is 7.31. The summed E-state index contributed by atoms with van der Waals surface area (Å²) in [5.41, 5.74) is 1.24. The number of piperidine rings is 1. The zero-order valence-electron chi connectivity index (χ0n) is 13.8. The van der Waals surface area contributed by atoms with Crippen LogP contribution in [0.2, 0.25) is 5.02 Å². The lowest BCUT2D eigenvalue weighted by Crippen LogP contribution is -2.45. The van der Waals surface area contributed by atoms with Crippen LogP contribution < -0.4 is 4.74 Å². The van der Waals surface area contributed by atoms with E-state index in [9.17, 15) is 4.79 Å². The maximum absolute atomic E-state index is 12.4. The second kappa shape index (κ2) is 9.06. The third-order valence-electron chi connectivity index (χ3n) is 3.94. The molecule has 1 unspecified atom stereocenters. The van der Waals surface area contributed by atoms with E-state index in [4.69, 9.17) is 16.3 Å². The Kier molecular flexibility index (Phi) is 6.53. The van der Waals surface area contributed by atoms with Crippen molar-refractivity contribution in [3.8, 4) is 6.01 Å². The number of rotatable bonds is 6. The van der Waals surface area contributed by atoms with Gasteiger partial charge in [0.15, 0.2) is 0 Å². The van der Waals surface area contributed by atoms with E-state index in [1.165, 1.54) is 18.0 Å². The topological polar surface area (TPSA) is 55.3 Å². The molecule has 2 aromatic rings. The van der Waals surface area contributed by atoms with Crippen LogP contribution in [0.1, 0.15) is 18.4 Å². The first-order chi connectivity index (χ1) is 12.2. The maximum atomic E-state index is 12.4. The van der Waals surface area contributed by atoms with Gasteiger partial charge in [0.1, 0.15) is 6.10 Å². The summed E-state index contributed by atoms with van der Waals surface area (Å²) < 4.78 is 5.78. The summed E-state index contributed by atoms with van der Waals surface area (Å²) in [6, 6.07) is 10.5. The molecular weight excluding hydrogens is 358 g/mol. The van der Waals surface area contributed by atoms with E-state index in [1.54, 1.807) is 11.8 Å². The first-order valence-electron chi connectivity index (χ1n) is 8.24. The minimum Gasteiger partial charge on any atom is -0.458 e. The van der Waals surface area contributed by atoms with Crippen molar-refractivity contribution in [1.29, 1.82) is 0 Å². The van der Waals surface area contributed by atoms with Gasteiger partial charge in [-0.3, -0.25) is 4.79 Å². The predicted molar refractivity (Wildman–Crippen MR) is 99.9 cm³/mol. The summed E-state index contributed by atoms with van der Waals surface area (Å²) in [6.07, 6.45) is 4.77. The number of thioether (sulfide) groups is 1. The van der Waals surface area contributed by atoms with Gasteiger partial charge in [-0.05, 0) is 18.4 Å². The van der Waals surface area contributed by atoms with Crippen LogP contribution in [0.25, 0.3) is 0 Å². The molecule has 1 aromatic carbocycles. The summed E-state index contributed by atoms with van der Waals surface area (Å²) in [7, 11) is 0. The Bertz CT molecular complexity index is 684. The fourth-order valence-electron chi connectivity index (χ4n) is 2.69. The summed E-state index contributed by atoms with van der Waals surface area (Å²) in [5, 5.41) is 0.475. The molecule has 1 saturated heterocycles. The van der Waals surface area contributed by atoms with Crippen molar-refractivity contribution >= 4 is 29.3 Å². The van der Waals surface area contributed by atoms with Gasteiger partial charge in [0, 0.05) is 12.3 Å². The SMILES string of the molecule is O=C(CSCc1ccccc1)N1CCCC(Oc2ncc(Cl)cn2)C1. The third kappa shape index (κ3) is 5.61. The molecule has 25 heavy (non-hydrogen) atoms. The van der Waals surface area contributed by atoms with E-state index >= 15 is 0 Å². The zero-order valence-corrected chi connectivity index (χ0v) is 15.4. The number of benzene rings is 1. The number of carbonyl (C=O) groups is 1. The van der Waals surface area contributed by atoms with E-state index in [0.29, 0.717) is 23.3 Å². The number of hydrogen-bond donors (Lipinski definition) is 0. The monoisotopic (exact) mass is 377 g/mol. The normalized spacial score (nSPS) is 17.3. The highest BCUT2D eigenvalue weighted by atomic mass is 35.5. The average Bonchev–Trinajstić information content (AvgIpc) is 2.65. The van der Waals surface area contributed by atoms with Gasteiger partial charge >= 0.3 is 6.01 Å². The summed E-state index contributed by atoms with van der Waals surface area (Å²) in [4.78, 5) is 22.4. The smallest absolute Gasteiger partial charge is 0.316 e. The fourth-order valence-corrected chi connectivity index (χ4v) is 3.68. The number of ether oxygens (including phenoxy) is 1. The Balaban J connectivity index is 1.45. The van der Waals surface area contributed by atoms with Gasteiger partial charge in [-0.1, -0.05) is 41.9 Å². The van der Waals surface area contributed by atoms with Crippen LogP contribution in [0.5, 0.6) is 6.01 Å². The molecule has 0 spiro atoms. The molecular formula is C18H20ClN3O2S. The summed E-state index contributed by atoms with van der Waals surface area (Å²) in [5.74, 6) is 1.49. The van der Waals surface area contributed by atoms with Gasteiger partial charge in [0.05, 0.1) is 29.7 Å². The Hall–Kier alpha value is -1.79. The Morgan fingerprint density at radius 2 is 2.04 bits per heavy atom. The van der Waals surface area contributed by atoms with Crippen molar-refractivity contribution in [2.75, 3.05) is 18.8 Å². The van der Waals surface area contributed by atoms with Gasteiger partial charge in [-0.15, -0.1) is 11.8 Å². The van der Waals surface area contributed by atoms with Crippen molar-refractivity contribution in [1.82, 2.24) is 14.9 Å². The van der Waals surface area contributed by atoms with Crippen LogP contribution in [0.3, 0.4) is 0 Å². The standard InChI is InChI=1S/C18H20ClN3O2S/c19-15-9-20-18(21-10-15)24-16-7-4-8-22(11-16)17(23)13-25-12-14-5-2-1-3-6-14/h1-3,5-6,9-10,16H,4,7-8,11-13H2. The molecule has 1 atom stereocenters. The Morgan fingerprint density at radius 1 is 1.28 bits per heavy atom. The molecule has 7 heteroatoms. The van der Waals surface area contributed by atoms with Gasteiger partial charge in [-0.2, -0.15) is 0 Å². The van der Waals surface area contributed by atoms with Crippen LogP contribution in [0.4, 0.5) is 0 Å². The number of hydrogen-bond acceptors (Lipinski definition) is 5. The molecule has 5 nitrogen and oxygen atoms in total. The van der Waals surface area contributed by atoms with Crippen LogP contribution in [0.15, 0.2) is 42.7 Å². The highest BCUT2D eigenvalue weighted by Gasteiger charge is 2.25. The molecule has 1 aromatic heterocycles. The van der Waals surface area contributed by atoms with Crippen molar-refractivity contribution in [3.63, 3.8) is 0 Å². The van der Waals surface area contributed by atoms with Crippen molar-refractivity contribution in [3.05, 3.63) is 53.3 Å². The lowest BCUT2D eigenvalue weighted by Gasteiger charge is -2.32. The molecule has 0 saturated carbocycles. The first kappa shape index (κ1) is 18.0. The molecule has 1 fully saturated rings. The van der Waals surface area contributed by atoms with E-state index in [1.807, 2.05) is 23.1 Å². The van der Waals surface area contributed by atoms with Gasteiger partial charge < -0.3 is 9.64 Å².